The van der Waals surface area contributed by atoms with Crippen molar-refractivity contribution in [2.45, 2.75) is 134 Å². The Morgan fingerprint density at radius 2 is 0.553 bits per heavy atom. The van der Waals surface area contributed by atoms with Crippen molar-refractivity contribution < 1.29 is 0 Å². The zero-order valence-corrected chi connectivity index (χ0v) is 27.6. The van der Waals surface area contributed by atoms with Gasteiger partial charge in [-0.2, -0.15) is 0 Å². The summed E-state index contributed by atoms with van der Waals surface area (Å²) in [6.07, 6.45) is 7.10. The topological polar surface area (TPSA) is 0 Å². The van der Waals surface area contributed by atoms with Gasteiger partial charge in [0.15, 0.2) is 0 Å². The van der Waals surface area contributed by atoms with E-state index in [1.165, 1.54) is 49.7 Å². The maximum absolute atomic E-state index is 2.60. The fraction of sp³-hybridized carbons (Fsp3) is 0.684. The van der Waals surface area contributed by atoms with Gasteiger partial charge in [0, 0.05) is 5.92 Å². The van der Waals surface area contributed by atoms with E-state index in [4.69, 9.17) is 0 Å². The van der Waals surface area contributed by atoms with Gasteiger partial charge in [-0.15, -0.1) is 0 Å². The van der Waals surface area contributed by atoms with Crippen LogP contribution in [0, 0.1) is 35.5 Å². The van der Waals surface area contributed by atoms with Crippen LogP contribution in [0.25, 0.3) is 0 Å². The molecule has 38 heavy (non-hydrogen) atoms. The maximum Gasteiger partial charge on any atom is 0.00614 e. The van der Waals surface area contributed by atoms with Gasteiger partial charge >= 0.3 is 0 Å². The predicted octanol–water partition coefficient (Wildman–Crippen LogP) is 11.0. The van der Waals surface area contributed by atoms with Crippen molar-refractivity contribution in [3.63, 3.8) is 0 Å². The molecule has 0 saturated carbocycles. The Kier molecular flexibility index (Phi) is 12.6. The number of hydrogen-bond donors (Lipinski definition) is 0. The van der Waals surface area contributed by atoms with Gasteiger partial charge in [-0.1, -0.05) is 114 Å². The molecule has 0 aromatic heterocycles. The first-order valence-corrected chi connectivity index (χ1v) is 16.0. The minimum atomic E-state index is 0.407. The van der Waals surface area contributed by atoms with E-state index in [1.807, 2.05) is 0 Å². The van der Waals surface area contributed by atoms with E-state index in [9.17, 15) is 0 Å². The average Bonchev–Trinajstić information content (AvgIpc) is 2.75. The van der Waals surface area contributed by atoms with Crippen LogP contribution in [0.4, 0.5) is 0 Å². The molecule has 0 spiro atoms. The lowest BCUT2D eigenvalue weighted by atomic mass is 9.79. The normalized spacial score (nSPS) is 12.5. The zero-order chi connectivity index (χ0) is 28.7. The highest BCUT2D eigenvalue weighted by Gasteiger charge is 2.21. The molecule has 0 aliphatic rings. The molecule has 0 bridgehead atoms. The van der Waals surface area contributed by atoms with Crippen molar-refractivity contribution in [1.82, 2.24) is 0 Å². The molecule has 0 aliphatic heterocycles. The number of rotatable bonds is 14. The first-order chi connectivity index (χ1) is 17.7. The summed E-state index contributed by atoms with van der Waals surface area (Å²) in [5.41, 5.74) is 12.8. The van der Waals surface area contributed by atoms with Crippen LogP contribution in [0.3, 0.4) is 0 Å². The molecule has 0 N–H and O–H groups in total. The third-order valence-corrected chi connectivity index (χ3v) is 7.65. The highest BCUT2D eigenvalue weighted by Crippen LogP contribution is 2.35. The molecule has 0 atom stereocenters. The Balaban J connectivity index is 2.74. The number of benzene rings is 2. The highest BCUT2D eigenvalue weighted by atomic mass is 14.3. The van der Waals surface area contributed by atoms with Crippen LogP contribution in [-0.4, -0.2) is 0 Å². The van der Waals surface area contributed by atoms with E-state index >= 15 is 0 Å². The van der Waals surface area contributed by atoms with Gasteiger partial charge in [0.2, 0.25) is 0 Å². The molecule has 2 rings (SSSR count). The van der Waals surface area contributed by atoms with Crippen molar-refractivity contribution in [1.29, 1.82) is 0 Å². The van der Waals surface area contributed by atoms with Gasteiger partial charge in [0.25, 0.3) is 0 Å². The highest BCUT2D eigenvalue weighted by molar-refractivity contribution is 5.47. The van der Waals surface area contributed by atoms with Crippen LogP contribution < -0.4 is 0 Å². The Labute approximate surface area is 238 Å². The summed E-state index contributed by atoms with van der Waals surface area (Å²) in [7, 11) is 0. The summed E-state index contributed by atoms with van der Waals surface area (Å²) >= 11 is 0. The minimum Gasteiger partial charge on any atom is -0.0625 e. The first-order valence-electron chi connectivity index (χ1n) is 16.0. The van der Waals surface area contributed by atoms with Gasteiger partial charge in [-0.3, -0.25) is 0 Å². The molecule has 0 aliphatic carbocycles. The smallest absolute Gasteiger partial charge is 0.00614 e. The van der Waals surface area contributed by atoms with Gasteiger partial charge in [0.1, 0.15) is 0 Å². The van der Waals surface area contributed by atoms with Crippen molar-refractivity contribution >= 4 is 0 Å². The van der Waals surface area contributed by atoms with Crippen LogP contribution in [-0.2, 0) is 38.5 Å². The molecule has 0 heterocycles. The van der Waals surface area contributed by atoms with Crippen LogP contribution in [0.5, 0.6) is 0 Å². The van der Waals surface area contributed by atoms with Crippen molar-refractivity contribution in [2.75, 3.05) is 0 Å². The van der Waals surface area contributed by atoms with E-state index in [0.29, 0.717) is 41.4 Å². The third-order valence-electron chi connectivity index (χ3n) is 7.65. The monoisotopic (exact) mass is 518 g/mol. The van der Waals surface area contributed by atoms with Crippen LogP contribution in [0.15, 0.2) is 24.3 Å². The largest absolute Gasteiger partial charge is 0.0625 e. The van der Waals surface area contributed by atoms with E-state index in [-0.39, 0.29) is 0 Å². The minimum absolute atomic E-state index is 0.407. The summed E-state index contributed by atoms with van der Waals surface area (Å²) in [6, 6.07) is 10.4. The van der Waals surface area contributed by atoms with E-state index in [1.54, 1.807) is 33.4 Å². The summed E-state index contributed by atoms with van der Waals surface area (Å²) in [5, 5.41) is 0. The summed E-state index contributed by atoms with van der Waals surface area (Å²) in [5.74, 6) is 4.45. The summed E-state index contributed by atoms with van der Waals surface area (Å²) in [6.45, 7) is 31.0. The first kappa shape index (κ1) is 32.7. The Bertz CT molecular complexity index is 855. The maximum atomic E-state index is 2.60. The molecule has 0 fully saturated rings. The van der Waals surface area contributed by atoms with Crippen molar-refractivity contribution in [3.05, 3.63) is 68.8 Å². The SMILES string of the molecule is CC(C)Cc1cc(C(C)c2cc(CC(C)C)c(CC(C)C)c(CC(C)C)c2)cc(CC(C)C)c1CC(C)C. The second-order valence-electron chi connectivity index (χ2n) is 14.9. The van der Waals surface area contributed by atoms with Crippen LogP contribution >= 0.6 is 0 Å². The Morgan fingerprint density at radius 3 is 0.737 bits per heavy atom. The van der Waals surface area contributed by atoms with Crippen LogP contribution in [0.2, 0.25) is 0 Å². The average molecular weight is 519 g/mol. The molecule has 2 aromatic rings. The summed E-state index contributed by atoms with van der Waals surface area (Å²) < 4.78 is 0. The van der Waals surface area contributed by atoms with Gasteiger partial charge in [-0.05, 0) is 119 Å². The van der Waals surface area contributed by atoms with Gasteiger partial charge < -0.3 is 0 Å². The van der Waals surface area contributed by atoms with E-state index in [2.05, 4.69) is 114 Å². The quantitative estimate of drug-likeness (QED) is 0.233. The lowest BCUT2D eigenvalue weighted by Crippen LogP contribution is -2.13. The molecule has 0 radical (unpaired) electrons. The van der Waals surface area contributed by atoms with Crippen LogP contribution in [0.1, 0.15) is 140 Å². The molecular formula is C38H62. The van der Waals surface area contributed by atoms with Crippen molar-refractivity contribution in [2.24, 2.45) is 35.5 Å². The molecule has 2 aromatic carbocycles. The molecule has 0 saturated heterocycles. The fourth-order valence-electron chi connectivity index (χ4n) is 6.17. The molecule has 0 heteroatoms. The second kappa shape index (κ2) is 14.7. The zero-order valence-electron chi connectivity index (χ0n) is 27.6. The van der Waals surface area contributed by atoms with Gasteiger partial charge in [-0.25, -0.2) is 0 Å². The molecule has 0 amide bonds. The second-order valence-corrected chi connectivity index (χ2v) is 14.9. The third kappa shape index (κ3) is 9.88. The molecule has 0 nitrogen and oxygen atoms in total. The Morgan fingerprint density at radius 1 is 0.342 bits per heavy atom. The fourth-order valence-corrected chi connectivity index (χ4v) is 6.17. The van der Waals surface area contributed by atoms with E-state index in [0.717, 1.165) is 0 Å². The van der Waals surface area contributed by atoms with Gasteiger partial charge in [0.05, 0.1) is 0 Å². The van der Waals surface area contributed by atoms with Crippen molar-refractivity contribution in [3.8, 4) is 0 Å². The Hall–Kier alpha value is -1.56. The lowest BCUT2D eigenvalue weighted by molar-refractivity contribution is 0.594. The molecule has 0 unspecified atom stereocenters. The lowest BCUT2D eigenvalue weighted by Gasteiger charge is -2.26. The molecular weight excluding hydrogens is 456 g/mol. The standard InChI is InChI=1S/C38H62/c1-24(2)14-33-20-31(21-34(15-25(3)4)37(33)18-28(9)10)30(13)32-22-35(16-26(5)6)38(19-29(11)12)36(23-32)17-27(7)8/h20-30H,14-19H2,1-13H3. The molecule has 214 valence electrons. The number of hydrogen-bond acceptors (Lipinski definition) is 0. The summed E-state index contributed by atoms with van der Waals surface area (Å²) in [4.78, 5) is 0. The van der Waals surface area contributed by atoms with E-state index < -0.39 is 0 Å². The predicted molar refractivity (Wildman–Crippen MR) is 172 cm³/mol.